The van der Waals surface area contributed by atoms with Gasteiger partial charge in [0.1, 0.15) is 5.82 Å². The van der Waals surface area contributed by atoms with Crippen LogP contribution in [0.2, 0.25) is 10.0 Å². The third-order valence-corrected chi connectivity index (χ3v) is 6.16. The van der Waals surface area contributed by atoms with Gasteiger partial charge >= 0.3 is 5.97 Å². The van der Waals surface area contributed by atoms with Gasteiger partial charge in [-0.3, -0.25) is 4.57 Å². The third-order valence-electron chi connectivity index (χ3n) is 5.44. The van der Waals surface area contributed by atoms with Crippen molar-refractivity contribution >= 4 is 40.2 Å². The minimum atomic E-state index is -0.937. The van der Waals surface area contributed by atoms with Crippen LogP contribution >= 0.6 is 23.2 Å². The number of imidazole rings is 1. The van der Waals surface area contributed by atoms with Gasteiger partial charge in [-0.2, -0.15) is 0 Å². The summed E-state index contributed by atoms with van der Waals surface area (Å²) >= 11 is 12.5. The number of unbranched alkanes of at least 4 members (excludes halogenated alkanes) is 1. The molecule has 4 rings (SSSR count). The smallest absolute Gasteiger partial charge is 0.336 e. The summed E-state index contributed by atoms with van der Waals surface area (Å²) in [4.78, 5) is 16.5. The highest BCUT2D eigenvalue weighted by atomic mass is 35.5. The Bertz CT molecular complexity index is 1290. The Labute approximate surface area is 191 Å². The second kappa shape index (κ2) is 8.74. The van der Waals surface area contributed by atoms with E-state index in [9.17, 15) is 9.90 Å². The zero-order valence-corrected chi connectivity index (χ0v) is 18.8. The highest BCUT2D eigenvalue weighted by molar-refractivity contribution is 6.42. The molecule has 6 heteroatoms. The lowest BCUT2D eigenvalue weighted by Gasteiger charge is -2.14. The first kappa shape index (κ1) is 21.4. The summed E-state index contributed by atoms with van der Waals surface area (Å²) in [5.41, 5.74) is 5.53. The van der Waals surface area contributed by atoms with E-state index in [4.69, 9.17) is 28.2 Å². The summed E-state index contributed by atoms with van der Waals surface area (Å²) in [6.45, 7) is 4.14. The molecule has 0 atom stereocenters. The molecule has 4 nitrogen and oxygen atoms in total. The van der Waals surface area contributed by atoms with E-state index in [0.29, 0.717) is 15.6 Å². The van der Waals surface area contributed by atoms with Crippen molar-refractivity contribution in [2.24, 2.45) is 0 Å². The summed E-state index contributed by atoms with van der Waals surface area (Å²) in [5.74, 6) is 0.0151. The number of benzene rings is 3. The minimum Gasteiger partial charge on any atom is -0.478 e. The Morgan fingerprint density at radius 2 is 1.77 bits per heavy atom. The van der Waals surface area contributed by atoms with Crippen molar-refractivity contribution in [3.05, 3.63) is 81.6 Å². The summed E-state index contributed by atoms with van der Waals surface area (Å²) in [7, 11) is 0. The molecular formula is C25H22Cl2N2O2. The van der Waals surface area contributed by atoms with Gasteiger partial charge < -0.3 is 5.11 Å². The number of halogens is 2. The Kier molecular flexibility index (Phi) is 6.03. The van der Waals surface area contributed by atoms with Crippen LogP contribution in [-0.2, 0) is 6.42 Å². The molecule has 0 radical (unpaired) electrons. The van der Waals surface area contributed by atoms with Crippen molar-refractivity contribution in [3.8, 4) is 16.8 Å². The SMILES string of the molecule is CCCCc1nc2cc(Cl)c(Cl)cc2n1-c1ccc(-c2ccccc2C(=O)O)c(C)c1. The zero-order valence-electron chi connectivity index (χ0n) is 17.3. The molecular weight excluding hydrogens is 431 g/mol. The molecule has 0 bridgehead atoms. The van der Waals surface area contributed by atoms with Crippen molar-refractivity contribution in [1.29, 1.82) is 0 Å². The maximum absolute atomic E-state index is 11.7. The van der Waals surface area contributed by atoms with E-state index in [1.54, 1.807) is 18.2 Å². The van der Waals surface area contributed by atoms with Crippen LogP contribution < -0.4 is 0 Å². The summed E-state index contributed by atoms with van der Waals surface area (Å²) in [6.07, 6.45) is 2.92. The summed E-state index contributed by atoms with van der Waals surface area (Å²) < 4.78 is 2.12. The summed E-state index contributed by atoms with van der Waals surface area (Å²) in [6, 6.07) is 16.7. The monoisotopic (exact) mass is 452 g/mol. The number of rotatable bonds is 6. The standard InChI is InChI=1S/C25H22Cl2N2O2/c1-3-4-9-24-28-22-13-20(26)21(27)14-23(22)29(24)16-10-11-17(15(2)12-16)18-7-5-6-8-19(18)25(30)31/h5-8,10-14H,3-4,9H2,1-2H3,(H,30,31). The number of carboxylic acid groups (broad SMARTS) is 1. The molecule has 31 heavy (non-hydrogen) atoms. The second-order valence-corrected chi connectivity index (χ2v) is 8.39. The van der Waals surface area contributed by atoms with Crippen LogP contribution in [0.5, 0.6) is 0 Å². The maximum atomic E-state index is 11.7. The Morgan fingerprint density at radius 1 is 1.03 bits per heavy atom. The fraction of sp³-hybridized carbons (Fsp3) is 0.200. The van der Waals surface area contributed by atoms with Gasteiger partial charge in [-0.05, 0) is 60.4 Å². The fourth-order valence-corrected chi connectivity index (χ4v) is 4.22. The summed E-state index contributed by atoms with van der Waals surface area (Å²) in [5, 5.41) is 10.5. The van der Waals surface area contributed by atoms with Crippen LogP contribution in [0.15, 0.2) is 54.6 Å². The topological polar surface area (TPSA) is 55.1 Å². The maximum Gasteiger partial charge on any atom is 0.336 e. The van der Waals surface area contributed by atoms with Crippen molar-refractivity contribution in [3.63, 3.8) is 0 Å². The van der Waals surface area contributed by atoms with Crippen LogP contribution in [0.25, 0.3) is 27.8 Å². The first-order valence-electron chi connectivity index (χ1n) is 10.2. The lowest BCUT2D eigenvalue weighted by molar-refractivity contribution is 0.0697. The molecule has 1 N–H and O–H groups in total. The first-order valence-corrected chi connectivity index (χ1v) is 11.0. The van der Waals surface area contributed by atoms with Gasteiger partial charge in [0.25, 0.3) is 0 Å². The van der Waals surface area contributed by atoms with Crippen molar-refractivity contribution in [1.82, 2.24) is 9.55 Å². The Balaban J connectivity index is 1.88. The van der Waals surface area contributed by atoms with Crippen LogP contribution in [0.3, 0.4) is 0 Å². The van der Waals surface area contributed by atoms with Crippen molar-refractivity contribution in [2.75, 3.05) is 0 Å². The molecule has 1 aromatic heterocycles. The highest BCUT2D eigenvalue weighted by Crippen LogP contribution is 2.33. The van der Waals surface area contributed by atoms with E-state index < -0.39 is 5.97 Å². The Hall–Kier alpha value is -2.82. The number of aromatic carboxylic acids is 1. The number of fused-ring (bicyclic) bond motifs is 1. The van der Waals surface area contributed by atoms with Crippen LogP contribution in [0.1, 0.15) is 41.5 Å². The number of aromatic nitrogens is 2. The average molecular weight is 453 g/mol. The van der Waals surface area contributed by atoms with E-state index in [1.807, 2.05) is 37.3 Å². The molecule has 4 aromatic rings. The van der Waals surface area contributed by atoms with Crippen molar-refractivity contribution in [2.45, 2.75) is 33.1 Å². The largest absolute Gasteiger partial charge is 0.478 e. The van der Waals surface area contributed by atoms with Crippen LogP contribution in [0, 0.1) is 6.92 Å². The van der Waals surface area contributed by atoms with Gasteiger partial charge in [0.05, 0.1) is 26.6 Å². The molecule has 1 heterocycles. The fourth-order valence-electron chi connectivity index (χ4n) is 3.91. The zero-order chi connectivity index (χ0) is 22.1. The third kappa shape index (κ3) is 4.06. The quantitative estimate of drug-likeness (QED) is 0.332. The van der Waals surface area contributed by atoms with E-state index in [-0.39, 0.29) is 5.56 Å². The van der Waals surface area contributed by atoms with Gasteiger partial charge in [0.2, 0.25) is 0 Å². The lowest BCUT2D eigenvalue weighted by atomic mass is 9.95. The minimum absolute atomic E-state index is 0.288. The van der Waals surface area contributed by atoms with Crippen LogP contribution in [-0.4, -0.2) is 20.6 Å². The number of hydrogen-bond donors (Lipinski definition) is 1. The number of carbonyl (C=O) groups is 1. The van der Waals surface area contributed by atoms with E-state index >= 15 is 0 Å². The van der Waals surface area contributed by atoms with E-state index in [0.717, 1.165) is 52.9 Å². The Morgan fingerprint density at radius 3 is 2.48 bits per heavy atom. The van der Waals surface area contributed by atoms with Gasteiger partial charge in [-0.25, -0.2) is 9.78 Å². The molecule has 0 fully saturated rings. The van der Waals surface area contributed by atoms with Gasteiger partial charge in [-0.1, -0.05) is 60.8 Å². The lowest BCUT2D eigenvalue weighted by Crippen LogP contribution is -2.03. The van der Waals surface area contributed by atoms with Gasteiger partial charge in [-0.15, -0.1) is 0 Å². The highest BCUT2D eigenvalue weighted by Gasteiger charge is 2.17. The molecule has 3 aromatic carbocycles. The molecule has 0 aliphatic carbocycles. The number of carboxylic acids is 1. The van der Waals surface area contributed by atoms with Crippen LogP contribution in [0.4, 0.5) is 0 Å². The predicted octanol–water partition coefficient (Wildman–Crippen LogP) is 7.35. The number of aryl methyl sites for hydroxylation is 2. The first-order chi connectivity index (χ1) is 14.9. The number of hydrogen-bond acceptors (Lipinski definition) is 2. The number of nitrogens with zero attached hydrogens (tertiary/aromatic N) is 2. The van der Waals surface area contributed by atoms with Crippen molar-refractivity contribution < 1.29 is 9.90 Å². The average Bonchev–Trinajstić information content (AvgIpc) is 3.09. The van der Waals surface area contributed by atoms with Gasteiger partial charge in [0.15, 0.2) is 0 Å². The second-order valence-electron chi connectivity index (χ2n) is 7.57. The normalized spacial score (nSPS) is 11.2. The predicted molar refractivity (Wildman–Crippen MR) is 127 cm³/mol. The molecule has 0 aliphatic heterocycles. The van der Waals surface area contributed by atoms with E-state index in [2.05, 4.69) is 17.6 Å². The molecule has 158 valence electrons. The molecule has 0 aliphatic rings. The van der Waals surface area contributed by atoms with Gasteiger partial charge in [0, 0.05) is 12.1 Å². The van der Waals surface area contributed by atoms with E-state index in [1.165, 1.54) is 0 Å². The molecule has 0 saturated carbocycles. The molecule has 0 saturated heterocycles. The molecule has 0 spiro atoms. The molecule has 0 unspecified atom stereocenters. The molecule has 0 amide bonds.